The number of rotatable bonds is 5. The summed E-state index contributed by atoms with van der Waals surface area (Å²) in [6, 6.07) is 4.91. The van der Waals surface area contributed by atoms with Gasteiger partial charge in [-0.15, -0.1) is 6.58 Å². The molecule has 2 amide bonds. The van der Waals surface area contributed by atoms with Gasteiger partial charge in [0.05, 0.1) is 16.7 Å². The number of carbonyl (C=O) groups is 2. The average Bonchev–Trinajstić information content (AvgIpc) is 3.02. The molecule has 2 heterocycles. The Morgan fingerprint density at radius 3 is 2.88 bits per heavy atom. The van der Waals surface area contributed by atoms with E-state index in [-0.39, 0.29) is 29.7 Å². The van der Waals surface area contributed by atoms with E-state index < -0.39 is 0 Å². The van der Waals surface area contributed by atoms with E-state index in [0.717, 1.165) is 11.8 Å². The predicted octanol–water partition coefficient (Wildman–Crippen LogP) is 2.48. The number of halogens is 1. The molecule has 0 saturated carbocycles. The van der Waals surface area contributed by atoms with Gasteiger partial charge in [0, 0.05) is 24.5 Å². The first kappa shape index (κ1) is 17.7. The second-order valence-corrected chi connectivity index (χ2v) is 6.97. The summed E-state index contributed by atoms with van der Waals surface area (Å²) < 4.78 is 1.45. The standard InChI is InChI=1S/C17H16ClN3O3S/c1-2-7-21-16(24)12-9-11(18)5-6-13(12)19-17(21)25-10-15(23)20-8-3-4-14(20)22/h2,5-6,9H,1,3-4,7-8,10H2. The minimum absolute atomic E-state index is 0.0500. The van der Waals surface area contributed by atoms with Gasteiger partial charge in [-0.3, -0.25) is 23.9 Å². The van der Waals surface area contributed by atoms with Crippen LogP contribution in [0.4, 0.5) is 0 Å². The molecule has 0 radical (unpaired) electrons. The number of hydrogen-bond donors (Lipinski definition) is 0. The number of allylic oxidation sites excluding steroid dienone is 1. The van der Waals surface area contributed by atoms with Crippen LogP contribution in [0.25, 0.3) is 10.9 Å². The van der Waals surface area contributed by atoms with Crippen molar-refractivity contribution < 1.29 is 9.59 Å². The summed E-state index contributed by atoms with van der Waals surface area (Å²) >= 11 is 7.11. The van der Waals surface area contributed by atoms with E-state index in [0.29, 0.717) is 40.5 Å². The van der Waals surface area contributed by atoms with Gasteiger partial charge in [0.2, 0.25) is 11.8 Å². The average molecular weight is 378 g/mol. The number of fused-ring (bicyclic) bond motifs is 1. The quantitative estimate of drug-likeness (QED) is 0.454. The minimum Gasteiger partial charge on any atom is -0.283 e. The van der Waals surface area contributed by atoms with Crippen LogP contribution in [0.2, 0.25) is 5.02 Å². The highest BCUT2D eigenvalue weighted by molar-refractivity contribution is 7.99. The molecule has 1 aromatic heterocycles. The van der Waals surface area contributed by atoms with Gasteiger partial charge in [-0.1, -0.05) is 29.4 Å². The maximum atomic E-state index is 12.7. The summed E-state index contributed by atoms with van der Waals surface area (Å²) in [6.45, 7) is 4.39. The Balaban J connectivity index is 1.91. The molecule has 1 aliphatic rings. The zero-order valence-electron chi connectivity index (χ0n) is 13.4. The number of nitrogens with zero attached hydrogens (tertiary/aromatic N) is 3. The molecule has 130 valence electrons. The lowest BCUT2D eigenvalue weighted by Gasteiger charge is -2.14. The van der Waals surface area contributed by atoms with Gasteiger partial charge in [-0.05, 0) is 24.6 Å². The van der Waals surface area contributed by atoms with E-state index >= 15 is 0 Å². The first-order valence-electron chi connectivity index (χ1n) is 7.78. The lowest BCUT2D eigenvalue weighted by Crippen LogP contribution is -2.33. The summed E-state index contributed by atoms with van der Waals surface area (Å²) in [5, 5.41) is 1.29. The summed E-state index contributed by atoms with van der Waals surface area (Å²) in [6.07, 6.45) is 2.70. The van der Waals surface area contributed by atoms with E-state index in [1.165, 1.54) is 9.47 Å². The van der Waals surface area contributed by atoms with Crippen molar-refractivity contribution in [2.24, 2.45) is 0 Å². The molecule has 1 aliphatic heterocycles. The molecular formula is C17H16ClN3O3S. The Hall–Kier alpha value is -2.12. The predicted molar refractivity (Wildman–Crippen MR) is 97.9 cm³/mol. The number of thioether (sulfide) groups is 1. The van der Waals surface area contributed by atoms with Crippen molar-refractivity contribution in [3.8, 4) is 0 Å². The van der Waals surface area contributed by atoms with Crippen LogP contribution < -0.4 is 5.56 Å². The molecule has 0 unspecified atom stereocenters. The Morgan fingerprint density at radius 1 is 1.40 bits per heavy atom. The van der Waals surface area contributed by atoms with Crippen LogP contribution >= 0.6 is 23.4 Å². The van der Waals surface area contributed by atoms with Crippen LogP contribution in [0.3, 0.4) is 0 Å². The minimum atomic E-state index is -0.261. The number of hydrogen-bond acceptors (Lipinski definition) is 5. The maximum Gasteiger partial charge on any atom is 0.262 e. The SMILES string of the molecule is C=CCn1c(SCC(=O)N2CCCC2=O)nc2ccc(Cl)cc2c1=O. The molecule has 0 spiro atoms. The molecule has 0 aliphatic carbocycles. The number of amides is 2. The third kappa shape index (κ3) is 3.62. The molecule has 1 saturated heterocycles. The topological polar surface area (TPSA) is 72.3 Å². The second kappa shape index (κ2) is 7.41. The number of carbonyl (C=O) groups excluding carboxylic acids is 2. The lowest BCUT2D eigenvalue weighted by atomic mass is 10.2. The fraction of sp³-hybridized carbons (Fsp3) is 0.294. The second-order valence-electron chi connectivity index (χ2n) is 5.59. The van der Waals surface area contributed by atoms with Crippen molar-refractivity contribution in [1.82, 2.24) is 14.5 Å². The Morgan fingerprint density at radius 2 is 2.20 bits per heavy atom. The van der Waals surface area contributed by atoms with Gasteiger partial charge in [-0.2, -0.15) is 0 Å². The van der Waals surface area contributed by atoms with Crippen LogP contribution in [0.5, 0.6) is 0 Å². The highest BCUT2D eigenvalue weighted by atomic mass is 35.5. The summed E-state index contributed by atoms with van der Waals surface area (Å²) in [7, 11) is 0. The van der Waals surface area contributed by atoms with Crippen molar-refractivity contribution >= 4 is 46.1 Å². The fourth-order valence-corrected chi connectivity index (χ4v) is 3.75. The summed E-state index contributed by atoms with van der Waals surface area (Å²) in [5.74, 6) is -0.354. The number of benzene rings is 1. The fourth-order valence-electron chi connectivity index (χ4n) is 2.69. The van der Waals surface area contributed by atoms with Crippen LogP contribution in [-0.2, 0) is 16.1 Å². The van der Waals surface area contributed by atoms with E-state index in [4.69, 9.17) is 11.6 Å². The van der Waals surface area contributed by atoms with Gasteiger partial charge < -0.3 is 0 Å². The molecular weight excluding hydrogens is 362 g/mol. The van der Waals surface area contributed by atoms with Crippen molar-refractivity contribution in [2.75, 3.05) is 12.3 Å². The van der Waals surface area contributed by atoms with Crippen LogP contribution in [0, 0.1) is 0 Å². The maximum absolute atomic E-state index is 12.7. The van der Waals surface area contributed by atoms with E-state index in [9.17, 15) is 14.4 Å². The van der Waals surface area contributed by atoms with Crippen LogP contribution in [0.15, 0.2) is 40.8 Å². The summed E-state index contributed by atoms with van der Waals surface area (Å²) in [5.41, 5.74) is 0.279. The van der Waals surface area contributed by atoms with Gasteiger partial charge in [0.25, 0.3) is 5.56 Å². The Bertz CT molecular complexity index is 925. The van der Waals surface area contributed by atoms with Crippen molar-refractivity contribution in [1.29, 1.82) is 0 Å². The van der Waals surface area contributed by atoms with Gasteiger partial charge in [-0.25, -0.2) is 4.98 Å². The van der Waals surface area contributed by atoms with E-state index in [2.05, 4.69) is 11.6 Å². The van der Waals surface area contributed by atoms with E-state index in [1.807, 2.05) is 0 Å². The summed E-state index contributed by atoms with van der Waals surface area (Å²) in [4.78, 5) is 42.3. The molecule has 0 bridgehead atoms. The molecule has 25 heavy (non-hydrogen) atoms. The zero-order chi connectivity index (χ0) is 18.0. The normalized spacial score (nSPS) is 14.3. The first-order valence-corrected chi connectivity index (χ1v) is 9.14. The largest absolute Gasteiger partial charge is 0.283 e. The van der Waals surface area contributed by atoms with Crippen molar-refractivity contribution in [3.63, 3.8) is 0 Å². The van der Waals surface area contributed by atoms with Crippen LogP contribution in [-0.4, -0.2) is 38.6 Å². The number of likely N-dealkylation sites (tertiary alicyclic amines) is 1. The molecule has 0 N–H and O–H groups in total. The third-order valence-electron chi connectivity index (χ3n) is 3.89. The molecule has 1 aromatic carbocycles. The monoisotopic (exact) mass is 377 g/mol. The van der Waals surface area contributed by atoms with Gasteiger partial charge >= 0.3 is 0 Å². The molecule has 8 heteroatoms. The Kier molecular flexibility index (Phi) is 5.24. The molecule has 2 aromatic rings. The lowest BCUT2D eigenvalue weighted by molar-refractivity contribution is -0.140. The first-order chi connectivity index (χ1) is 12.0. The highest BCUT2D eigenvalue weighted by Gasteiger charge is 2.26. The molecule has 1 fully saturated rings. The van der Waals surface area contributed by atoms with Crippen LogP contribution in [0.1, 0.15) is 12.8 Å². The van der Waals surface area contributed by atoms with E-state index in [1.54, 1.807) is 24.3 Å². The smallest absolute Gasteiger partial charge is 0.262 e. The molecule has 3 rings (SSSR count). The highest BCUT2D eigenvalue weighted by Crippen LogP contribution is 2.21. The zero-order valence-corrected chi connectivity index (χ0v) is 15.0. The molecule has 6 nitrogen and oxygen atoms in total. The third-order valence-corrected chi connectivity index (χ3v) is 5.09. The number of imide groups is 1. The Labute approximate surface area is 153 Å². The van der Waals surface area contributed by atoms with Crippen molar-refractivity contribution in [2.45, 2.75) is 24.5 Å². The van der Waals surface area contributed by atoms with Crippen molar-refractivity contribution in [3.05, 3.63) is 46.2 Å². The molecule has 0 atom stereocenters. The van der Waals surface area contributed by atoms with Gasteiger partial charge in [0.1, 0.15) is 0 Å². The number of aromatic nitrogens is 2. The van der Waals surface area contributed by atoms with Gasteiger partial charge in [0.15, 0.2) is 5.16 Å².